The van der Waals surface area contributed by atoms with Crippen LogP contribution in [0.15, 0.2) is 60.7 Å². The van der Waals surface area contributed by atoms with Crippen molar-refractivity contribution in [3.05, 3.63) is 71.8 Å². The highest BCUT2D eigenvalue weighted by atomic mass is 32.2. The molecule has 2 aromatic carbocycles. The lowest BCUT2D eigenvalue weighted by Crippen LogP contribution is -2.20. The summed E-state index contributed by atoms with van der Waals surface area (Å²) in [6, 6.07) is 18.4. The Morgan fingerprint density at radius 1 is 0.952 bits per heavy atom. The minimum absolute atomic E-state index is 0.0880. The van der Waals surface area contributed by atoms with Crippen molar-refractivity contribution >= 4 is 22.8 Å². The Labute approximate surface area is 128 Å². The second kappa shape index (κ2) is 7.64. The van der Waals surface area contributed by atoms with Crippen LogP contribution < -0.4 is 0 Å². The molecule has 0 radical (unpaired) electrons. The van der Waals surface area contributed by atoms with Crippen LogP contribution in [0, 0.1) is 5.92 Å². The highest BCUT2D eigenvalue weighted by Gasteiger charge is 2.20. The van der Waals surface area contributed by atoms with Crippen LogP contribution in [-0.2, 0) is 11.2 Å². The van der Waals surface area contributed by atoms with Crippen molar-refractivity contribution in [1.29, 1.82) is 0 Å². The van der Waals surface area contributed by atoms with Gasteiger partial charge in [-0.05, 0) is 12.0 Å². The first kappa shape index (κ1) is 15.3. The molecule has 0 spiro atoms. The summed E-state index contributed by atoms with van der Waals surface area (Å²) < 4.78 is 0. The molecule has 0 amide bonds. The van der Waals surface area contributed by atoms with Crippen molar-refractivity contribution in [2.75, 3.05) is 5.75 Å². The number of thioether (sulfide) groups is 1. The Morgan fingerprint density at radius 2 is 1.52 bits per heavy atom. The molecule has 0 bridgehead atoms. The van der Waals surface area contributed by atoms with E-state index in [9.17, 15) is 14.7 Å². The van der Waals surface area contributed by atoms with E-state index in [1.165, 1.54) is 0 Å². The van der Waals surface area contributed by atoms with E-state index in [1.807, 2.05) is 36.4 Å². The lowest BCUT2D eigenvalue weighted by atomic mass is 10.0. The zero-order chi connectivity index (χ0) is 15.1. The maximum atomic E-state index is 12.0. The number of hydrogen-bond acceptors (Lipinski definition) is 3. The smallest absolute Gasteiger partial charge is 0.307 e. The molecule has 108 valence electrons. The van der Waals surface area contributed by atoms with Crippen molar-refractivity contribution in [1.82, 2.24) is 0 Å². The Morgan fingerprint density at radius 3 is 2.10 bits per heavy atom. The van der Waals surface area contributed by atoms with Crippen LogP contribution in [-0.4, -0.2) is 21.9 Å². The normalized spacial score (nSPS) is 11.8. The van der Waals surface area contributed by atoms with Gasteiger partial charge in [-0.2, -0.15) is 0 Å². The molecule has 0 saturated carbocycles. The molecule has 2 aromatic rings. The van der Waals surface area contributed by atoms with Crippen LogP contribution in [0.5, 0.6) is 0 Å². The monoisotopic (exact) mass is 300 g/mol. The first-order valence-electron chi connectivity index (χ1n) is 6.65. The van der Waals surface area contributed by atoms with E-state index in [4.69, 9.17) is 0 Å². The van der Waals surface area contributed by atoms with Gasteiger partial charge in [-0.25, -0.2) is 0 Å². The maximum Gasteiger partial charge on any atom is 0.307 e. The number of carbonyl (C=O) groups excluding carboxylic acids is 1. The maximum absolute atomic E-state index is 12.0. The van der Waals surface area contributed by atoms with E-state index in [0.29, 0.717) is 12.0 Å². The van der Waals surface area contributed by atoms with Crippen molar-refractivity contribution in [3.8, 4) is 0 Å². The van der Waals surface area contributed by atoms with Crippen LogP contribution >= 0.6 is 11.8 Å². The Hall–Kier alpha value is -2.07. The predicted octanol–water partition coefficient (Wildman–Crippen LogP) is 3.50. The van der Waals surface area contributed by atoms with Crippen LogP contribution in [0.4, 0.5) is 0 Å². The number of benzene rings is 2. The number of carboxylic acid groups (broad SMARTS) is 1. The van der Waals surface area contributed by atoms with Gasteiger partial charge in [-0.1, -0.05) is 72.4 Å². The lowest BCUT2D eigenvalue weighted by Gasteiger charge is -2.11. The van der Waals surface area contributed by atoms with Crippen molar-refractivity contribution in [2.45, 2.75) is 6.42 Å². The minimum atomic E-state index is -0.868. The highest BCUT2D eigenvalue weighted by Crippen LogP contribution is 2.19. The predicted molar refractivity (Wildman–Crippen MR) is 84.5 cm³/mol. The molecule has 0 aliphatic heterocycles. The first-order valence-corrected chi connectivity index (χ1v) is 7.64. The average molecular weight is 300 g/mol. The third-order valence-corrected chi connectivity index (χ3v) is 4.17. The van der Waals surface area contributed by atoms with E-state index < -0.39 is 11.9 Å². The van der Waals surface area contributed by atoms with Gasteiger partial charge in [0.05, 0.1) is 5.92 Å². The third kappa shape index (κ3) is 4.76. The fourth-order valence-electron chi connectivity index (χ4n) is 1.95. The summed E-state index contributed by atoms with van der Waals surface area (Å²) in [7, 11) is 0. The number of carbonyl (C=O) groups is 2. The van der Waals surface area contributed by atoms with Crippen LogP contribution in [0.2, 0.25) is 0 Å². The van der Waals surface area contributed by atoms with E-state index >= 15 is 0 Å². The number of hydrogen-bond donors (Lipinski definition) is 1. The summed E-state index contributed by atoms with van der Waals surface area (Å²) in [6.45, 7) is 0. The molecule has 0 aromatic heterocycles. The van der Waals surface area contributed by atoms with E-state index in [2.05, 4.69) is 0 Å². The van der Waals surface area contributed by atoms with Gasteiger partial charge in [-0.3, -0.25) is 9.59 Å². The quantitative estimate of drug-likeness (QED) is 0.887. The molecule has 4 heteroatoms. The Balaban J connectivity index is 1.95. The zero-order valence-electron chi connectivity index (χ0n) is 11.4. The lowest BCUT2D eigenvalue weighted by molar-refractivity contribution is -0.140. The first-order chi connectivity index (χ1) is 10.2. The van der Waals surface area contributed by atoms with Gasteiger partial charge in [-0.15, -0.1) is 0 Å². The van der Waals surface area contributed by atoms with Crippen LogP contribution in [0.3, 0.4) is 0 Å². The SMILES string of the molecule is O=C(SCC(Cc1ccccc1)C(=O)O)c1ccccc1. The number of rotatable bonds is 6. The second-order valence-electron chi connectivity index (χ2n) is 4.69. The summed E-state index contributed by atoms with van der Waals surface area (Å²) in [5, 5.41) is 9.21. The molecule has 21 heavy (non-hydrogen) atoms. The van der Waals surface area contributed by atoms with Gasteiger partial charge in [0, 0.05) is 11.3 Å². The second-order valence-corrected chi connectivity index (χ2v) is 5.68. The summed E-state index contributed by atoms with van der Waals surface area (Å²) in [5.74, 6) is -1.16. The van der Waals surface area contributed by atoms with Gasteiger partial charge in [0.2, 0.25) is 5.12 Å². The minimum Gasteiger partial charge on any atom is -0.481 e. The molecule has 1 N–H and O–H groups in total. The van der Waals surface area contributed by atoms with Gasteiger partial charge in [0.25, 0.3) is 0 Å². The standard InChI is InChI=1S/C17H16O3S/c18-16(19)15(11-13-7-3-1-4-8-13)12-21-17(20)14-9-5-2-6-10-14/h1-10,15H,11-12H2,(H,18,19). The Bertz CT molecular complexity index is 596. The van der Waals surface area contributed by atoms with Crippen molar-refractivity contribution in [3.63, 3.8) is 0 Å². The molecule has 0 heterocycles. The van der Waals surface area contributed by atoms with Crippen molar-refractivity contribution in [2.24, 2.45) is 5.92 Å². The number of aliphatic carboxylic acids is 1. The summed E-state index contributed by atoms with van der Waals surface area (Å²) in [5.41, 5.74) is 1.57. The van der Waals surface area contributed by atoms with E-state index in [1.54, 1.807) is 24.3 Å². The molecule has 3 nitrogen and oxygen atoms in total. The molecular weight excluding hydrogens is 284 g/mol. The highest BCUT2D eigenvalue weighted by molar-refractivity contribution is 8.14. The van der Waals surface area contributed by atoms with Crippen LogP contribution in [0.25, 0.3) is 0 Å². The Kier molecular flexibility index (Phi) is 5.58. The van der Waals surface area contributed by atoms with Gasteiger partial charge < -0.3 is 5.11 Å². The summed E-state index contributed by atoms with van der Waals surface area (Å²) in [4.78, 5) is 23.3. The fourth-order valence-corrected chi connectivity index (χ4v) is 2.87. The molecule has 0 saturated heterocycles. The van der Waals surface area contributed by atoms with Gasteiger partial charge >= 0.3 is 5.97 Å². The largest absolute Gasteiger partial charge is 0.481 e. The molecule has 1 atom stereocenters. The molecule has 1 unspecified atom stereocenters. The molecule has 0 aliphatic carbocycles. The molecule has 2 rings (SSSR count). The molecular formula is C17H16O3S. The van der Waals surface area contributed by atoms with E-state index in [0.717, 1.165) is 17.3 Å². The number of carboxylic acids is 1. The average Bonchev–Trinajstić information content (AvgIpc) is 2.52. The van der Waals surface area contributed by atoms with Gasteiger partial charge in [0.15, 0.2) is 0 Å². The zero-order valence-corrected chi connectivity index (χ0v) is 12.3. The van der Waals surface area contributed by atoms with E-state index in [-0.39, 0.29) is 10.9 Å². The fraction of sp³-hybridized carbons (Fsp3) is 0.176. The summed E-state index contributed by atoms with van der Waals surface area (Å²) >= 11 is 1.07. The van der Waals surface area contributed by atoms with Crippen LogP contribution in [0.1, 0.15) is 15.9 Å². The van der Waals surface area contributed by atoms with Gasteiger partial charge in [0.1, 0.15) is 0 Å². The molecule has 0 fully saturated rings. The van der Waals surface area contributed by atoms with Crippen molar-refractivity contribution < 1.29 is 14.7 Å². The topological polar surface area (TPSA) is 54.4 Å². The third-order valence-electron chi connectivity index (χ3n) is 3.10. The molecule has 0 aliphatic rings. The summed E-state index contributed by atoms with van der Waals surface area (Å²) in [6.07, 6.45) is 0.436.